The van der Waals surface area contributed by atoms with Crippen LogP contribution < -0.4 is 5.32 Å². The fourth-order valence-corrected chi connectivity index (χ4v) is 1.34. The van der Waals surface area contributed by atoms with E-state index in [1.807, 2.05) is 27.7 Å². The van der Waals surface area contributed by atoms with Gasteiger partial charge in [-0.2, -0.15) is 0 Å². The summed E-state index contributed by atoms with van der Waals surface area (Å²) in [6, 6.07) is -0.156. The predicted octanol–water partition coefficient (Wildman–Crippen LogP) is 1.94. The second-order valence-corrected chi connectivity index (χ2v) is 5.07. The van der Waals surface area contributed by atoms with Crippen LogP contribution in [0.15, 0.2) is 12.2 Å². The van der Waals surface area contributed by atoms with E-state index >= 15 is 0 Å². The van der Waals surface area contributed by atoms with Crippen LogP contribution in [-0.2, 0) is 9.53 Å². The molecule has 0 aliphatic carbocycles. The molecule has 104 valence electrons. The predicted molar refractivity (Wildman–Crippen MR) is 71.3 cm³/mol. The highest BCUT2D eigenvalue weighted by atomic mass is 16.5. The highest BCUT2D eigenvalue weighted by Crippen LogP contribution is 2.13. The van der Waals surface area contributed by atoms with E-state index in [1.54, 1.807) is 11.8 Å². The number of nitrogens with one attached hydrogen (secondary N) is 1. The topological polar surface area (TPSA) is 58.6 Å². The number of hydrogen-bond donors (Lipinski definition) is 1. The van der Waals surface area contributed by atoms with E-state index in [2.05, 4.69) is 11.9 Å². The first-order valence-corrected chi connectivity index (χ1v) is 6.08. The lowest BCUT2D eigenvalue weighted by molar-refractivity contribution is -0.139. The fraction of sp³-hybridized carbons (Fsp3) is 0.692. The van der Waals surface area contributed by atoms with Gasteiger partial charge in [-0.15, -0.1) is 0 Å². The fourth-order valence-electron chi connectivity index (χ4n) is 1.34. The van der Waals surface area contributed by atoms with Gasteiger partial charge in [-0.3, -0.25) is 0 Å². The van der Waals surface area contributed by atoms with E-state index in [9.17, 15) is 9.59 Å². The molecule has 0 aromatic heterocycles. The van der Waals surface area contributed by atoms with E-state index < -0.39 is 5.97 Å². The summed E-state index contributed by atoms with van der Waals surface area (Å²) >= 11 is 0. The molecule has 0 saturated heterocycles. The van der Waals surface area contributed by atoms with E-state index in [1.165, 1.54) is 0 Å². The maximum atomic E-state index is 11.9. The van der Waals surface area contributed by atoms with Crippen molar-refractivity contribution in [3.05, 3.63) is 12.2 Å². The summed E-state index contributed by atoms with van der Waals surface area (Å²) in [4.78, 5) is 24.7. The van der Waals surface area contributed by atoms with Gasteiger partial charge in [0.05, 0.1) is 6.54 Å². The van der Waals surface area contributed by atoms with Gasteiger partial charge in [0.25, 0.3) is 0 Å². The van der Waals surface area contributed by atoms with Crippen LogP contribution in [-0.4, -0.2) is 42.1 Å². The van der Waals surface area contributed by atoms with E-state index in [0.717, 1.165) is 0 Å². The Balaban J connectivity index is 4.40. The molecule has 0 bridgehead atoms. The van der Waals surface area contributed by atoms with Crippen molar-refractivity contribution < 1.29 is 14.3 Å². The van der Waals surface area contributed by atoms with Crippen LogP contribution in [0.4, 0.5) is 4.79 Å². The van der Waals surface area contributed by atoms with Crippen molar-refractivity contribution in [3.63, 3.8) is 0 Å². The quantitative estimate of drug-likeness (QED) is 0.604. The summed E-state index contributed by atoms with van der Waals surface area (Å²) in [5.74, 6) is -0.431. The average molecular weight is 256 g/mol. The second kappa shape index (κ2) is 7.03. The number of urea groups is 1. The first-order chi connectivity index (χ1) is 8.20. The van der Waals surface area contributed by atoms with E-state index in [0.29, 0.717) is 18.7 Å². The molecule has 0 unspecified atom stereocenters. The standard InChI is InChI=1S/C13H24N2O3/c1-7-14-12(17)15(13(4,5)6)8-9-18-11(16)10(2)3/h2,7-9H2,1,3-6H3,(H,14,17). The van der Waals surface area contributed by atoms with Gasteiger partial charge in [0, 0.05) is 17.7 Å². The number of ether oxygens (including phenoxy) is 1. The first kappa shape index (κ1) is 16.5. The molecule has 0 atom stereocenters. The lowest BCUT2D eigenvalue weighted by Gasteiger charge is -2.35. The van der Waals surface area contributed by atoms with Gasteiger partial charge < -0.3 is 15.0 Å². The minimum absolute atomic E-state index is 0.156. The Labute approximate surface area is 109 Å². The zero-order chi connectivity index (χ0) is 14.3. The van der Waals surface area contributed by atoms with Crippen molar-refractivity contribution in [2.75, 3.05) is 19.7 Å². The van der Waals surface area contributed by atoms with Gasteiger partial charge in [-0.05, 0) is 34.6 Å². The third-order valence-electron chi connectivity index (χ3n) is 2.28. The molecule has 5 nitrogen and oxygen atoms in total. The summed E-state index contributed by atoms with van der Waals surface area (Å²) in [6.45, 7) is 13.8. The van der Waals surface area contributed by atoms with Crippen molar-refractivity contribution >= 4 is 12.0 Å². The molecular weight excluding hydrogens is 232 g/mol. The summed E-state index contributed by atoms with van der Waals surface area (Å²) in [5, 5.41) is 2.74. The van der Waals surface area contributed by atoms with Crippen molar-refractivity contribution in [2.45, 2.75) is 40.2 Å². The number of esters is 1. The van der Waals surface area contributed by atoms with Crippen LogP contribution in [0.25, 0.3) is 0 Å². The molecular formula is C13H24N2O3. The minimum Gasteiger partial charge on any atom is -0.460 e. The molecule has 5 heteroatoms. The van der Waals surface area contributed by atoms with E-state index in [4.69, 9.17) is 4.74 Å². The summed E-state index contributed by atoms with van der Waals surface area (Å²) < 4.78 is 5.00. The number of carbonyl (C=O) groups is 2. The lowest BCUT2D eigenvalue weighted by atomic mass is 10.1. The lowest BCUT2D eigenvalue weighted by Crippen LogP contribution is -2.51. The normalized spacial score (nSPS) is 10.7. The maximum absolute atomic E-state index is 11.9. The molecule has 0 rings (SSSR count). The molecule has 0 aliphatic heterocycles. The molecule has 0 aliphatic rings. The van der Waals surface area contributed by atoms with Gasteiger partial charge in [0.2, 0.25) is 0 Å². The van der Waals surface area contributed by atoms with Crippen molar-refractivity contribution in [3.8, 4) is 0 Å². The van der Waals surface area contributed by atoms with Gasteiger partial charge in [-0.1, -0.05) is 6.58 Å². The van der Waals surface area contributed by atoms with Gasteiger partial charge in [0.15, 0.2) is 0 Å². The molecule has 0 radical (unpaired) electrons. The Morgan fingerprint density at radius 2 is 1.89 bits per heavy atom. The number of hydrogen-bond acceptors (Lipinski definition) is 3. The Hall–Kier alpha value is -1.52. The monoisotopic (exact) mass is 256 g/mol. The van der Waals surface area contributed by atoms with Crippen LogP contribution in [0, 0.1) is 0 Å². The van der Waals surface area contributed by atoms with E-state index in [-0.39, 0.29) is 18.2 Å². The maximum Gasteiger partial charge on any atom is 0.333 e. The van der Waals surface area contributed by atoms with Gasteiger partial charge >= 0.3 is 12.0 Å². The smallest absolute Gasteiger partial charge is 0.333 e. The Kier molecular flexibility index (Phi) is 6.44. The van der Waals surface area contributed by atoms with Crippen molar-refractivity contribution in [2.24, 2.45) is 0 Å². The highest BCUT2D eigenvalue weighted by molar-refractivity contribution is 5.86. The largest absolute Gasteiger partial charge is 0.460 e. The highest BCUT2D eigenvalue weighted by Gasteiger charge is 2.25. The van der Waals surface area contributed by atoms with Crippen molar-refractivity contribution in [1.29, 1.82) is 0 Å². The molecule has 0 fully saturated rings. The third-order valence-corrected chi connectivity index (χ3v) is 2.28. The zero-order valence-electron chi connectivity index (χ0n) is 12.0. The third kappa shape index (κ3) is 5.70. The van der Waals surface area contributed by atoms with Crippen LogP contribution in [0.3, 0.4) is 0 Å². The molecule has 2 amide bonds. The Morgan fingerprint density at radius 1 is 1.33 bits per heavy atom. The molecule has 0 heterocycles. The zero-order valence-corrected chi connectivity index (χ0v) is 12.0. The number of rotatable bonds is 5. The van der Waals surface area contributed by atoms with Crippen molar-refractivity contribution in [1.82, 2.24) is 10.2 Å². The Bertz CT molecular complexity index is 319. The minimum atomic E-state index is -0.431. The van der Waals surface area contributed by atoms with Crippen LogP contribution in [0.1, 0.15) is 34.6 Å². The van der Waals surface area contributed by atoms with Crippen LogP contribution in [0.2, 0.25) is 0 Å². The number of amides is 2. The molecule has 0 aromatic carbocycles. The number of carbonyl (C=O) groups excluding carboxylic acids is 2. The molecule has 0 aromatic rings. The first-order valence-electron chi connectivity index (χ1n) is 6.08. The molecule has 1 N–H and O–H groups in total. The summed E-state index contributed by atoms with van der Waals surface area (Å²) in [7, 11) is 0. The summed E-state index contributed by atoms with van der Waals surface area (Å²) in [6.07, 6.45) is 0. The summed E-state index contributed by atoms with van der Waals surface area (Å²) in [5.41, 5.74) is 0.0323. The second-order valence-electron chi connectivity index (χ2n) is 5.07. The number of nitrogens with zero attached hydrogens (tertiary/aromatic N) is 1. The molecule has 18 heavy (non-hydrogen) atoms. The average Bonchev–Trinajstić information content (AvgIpc) is 2.22. The van der Waals surface area contributed by atoms with Gasteiger partial charge in [0.1, 0.15) is 6.61 Å². The van der Waals surface area contributed by atoms with Gasteiger partial charge in [-0.25, -0.2) is 9.59 Å². The van der Waals surface area contributed by atoms with Crippen LogP contribution in [0.5, 0.6) is 0 Å². The Morgan fingerprint density at radius 3 is 2.28 bits per heavy atom. The molecule has 0 spiro atoms. The molecule has 0 saturated carbocycles. The van der Waals surface area contributed by atoms with Crippen LogP contribution >= 0.6 is 0 Å². The SMILES string of the molecule is C=C(C)C(=O)OCCN(C(=O)NCC)C(C)(C)C.